The van der Waals surface area contributed by atoms with Crippen molar-refractivity contribution in [3.63, 3.8) is 0 Å². The second kappa shape index (κ2) is 9.41. The molecule has 1 aromatic rings. The summed E-state index contributed by atoms with van der Waals surface area (Å²) in [6.45, 7) is 5.87. The summed E-state index contributed by atoms with van der Waals surface area (Å²) in [5.74, 6) is 0.515. The van der Waals surface area contributed by atoms with Gasteiger partial charge in [0.25, 0.3) is 0 Å². The average Bonchev–Trinajstić information content (AvgIpc) is 3.03. The van der Waals surface area contributed by atoms with Crippen LogP contribution in [0.4, 0.5) is 0 Å². The Balaban J connectivity index is 1.80. The number of unbranched alkanes of at least 4 members (excludes halogenated alkanes) is 1. The lowest BCUT2D eigenvalue weighted by Crippen LogP contribution is -2.48. The molecule has 0 saturated carbocycles. The zero-order valence-corrected chi connectivity index (χ0v) is 17.2. The third kappa shape index (κ3) is 4.66. The van der Waals surface area contributed by atoms with Crippen LogP contribution in [0.3, 0.4) is 0 Å². The van der Waals surface area contributed by atoms with Gasteiger partial charge in [0, 0.05) is 25.0 Å². The first-order valence-electron chi connectivity index (χ1n) is 10.5. The highest BCUT2D eigenvalue weighted by Crippen LogP contribution is 2.39. The molecular formula is C22H33N3O3. The lowest BCUT2D eigenvalue weighted by atomic mass is 9.91. The fourth-order valence-corrected chi connectivity index (χ4v) is 4.40. The van der Waals surface area contributed by atoms with Crippen molar-refractivity contribution in [2.75, 3.05) is 20.2 Å². The molecule has 4 atom stereocenters. The molecule has 28 heavy (non-hydrogen) atoms. The van der Waals surface area contributed by atoms with Crippen molar-refractivity contribution in [3.05, 3.63) is 29.8 Å². The lowest BCUT2D eigenvalue weighted by molar-refractivity contribution is -0.129. The first-order chi connectivity index (χ1) is 13.5. The minimum atomic E-state index is -0.344. The number of ether oxygens (including phenoxy) is 1. The third-order valence-corrected chi connectivity index (χ3v) is 5.95. The molecule has 2 aliphatic heterocycles. The highest BCUT2D eigenvalue weighted by Gasteiger charge is 2.44. The number of carbonyl (C=O) groups excluding carboxylic acids is 2. The Morgan fingerprint density at radius 2 is 2.07 bits per heavy atom. The van der Waals surface area contributed by atoms with E-state index in [4.69, 9.17) is 4.74 Å². The molecule has 2 fully saturated rings. The number of carbonyl (C=O) groups is 2. The predicted octanol–water partition coefficient (Wildman–Crippen LogP) is 2.64. The van der Waals surface area contributed by atoms with Crippen LogP contribution < -0.4 is 15.4 Å². The molecule has 0 radical (unpaired) electrons. The van der Waals surface area contributed by atoms with Crippen LogP contribution in [0, 0.1) is 5.92 Å². The third-order valence-electron chi connectivity index (χ3n) is 5.95. The Hall–Kier alpha value is -2.08. The summed E-state index contributed by atoms with van der Waals surface area (Å²) in [4.78, 5) is 27.8. The smallest absolute Gasteiger partial charge is 0.226 e. The van der Waals surface area contributed by atoms with Gasteiger partial charge in [-0.1, -0.05) is 25.5 Å². The van der Waals surface area contributed by atoms with Gasteiger partial charge >= 0.3 is 0 Å². The summed E-state index contributed by atoms with van der Waals surface area (Å²) >= 11 is 0. The summed E-state index contributed by atoms with van der Waals surface area (Å²) in [6.07, 6.45) is 4.11. The highest BCUT2D eigenvalue weighted by atomic mass is 16.5. The summed E-state index contributed by atoms with van der Waals surface area (Å²) in [6, 6.07) is 8.15. The van der Waals surface area contributed by atoms with Gasteiger partial charge in [-0.3, -0.25) is 9.59 Å². The van der Waals surface area contributed by atoms with Crippen LogP contribution in [0.1, 0.15) is 57.6 Å². The fourth-order valence-electron chi connectivity index (χ4n) is 4.40. The average molecular weight is 388 g/mol. The largest absolute Gasteiger partial charge is 0.497 e. The topological polar surface area (TPSA) is 70.7 Å². The van der Waals surface area contributed by atoms with Crippen molar-refractivity contribution in [2.24, 2.45) is 5.92 Å². The Morgan fingerprint density at radius 3 is 2.71 bits per heavy atom. The van der Waals surface area contributed by atoms with Gasteiger partial charge in [0.2, 0.25) is 11.8 Å². The predicted molar refractivity (Wildman–Crippen MR) is 109 cm³/mol. The van der Waals surface area contributed by atoms with Crippen molar-refractivity contribution in [1.82, 2.24) is 15.5 Å². The Bertz CT molecular complexity index is 676. The van der Waals surface area contributed by atoms with Crippen LogP contribution in [-0.4, -0.2) is 49.0 Å². The SMILES string of the molecule is CCCCN1C(=O)CC(C(=O)NC2CCNC(C)C2)C1c1ccc(OC)cc1. The molecule has 154 valence electrons. The first kappa shape index (κ1) is 20.6. The molecule has 6 nitrogen and oxygen atoms in total. The number of rotatable bonds is 7. The number of methoxy groups -OCH3 is 1. The second-order valence-corrected chi connectivity index (χ2v) is 8.05. The van der Waals surface area contributed by atoms with Gasteiger partial charge in [-0.05, 0) is 50.4 Å². The van der Waals surface area contributed by atoms with E-state index in [1.807, 2.05) is 29.2 Å². The van der Waals surface area contributed by atoms with Crippen molar-refractivity contribution in [3.8, 4) is 5.75 Å². The van der Waals surface area contributed by atoms with Crippen LogP contribution in [-0.2, 0) is 9.59 Å². The molecule has 0 spiro atoms. The summed E-state index contributed by atoms with van der Waals surface area (Å²) in [5.41, 5.74) is 1.00. The van der Waals surface area contributed by atoms with Gasteiger partial charge in [0.1, 0.15) is 5.75 Å². The summed E-state index contributed by atoms with van der Waals surface area (Å²) in [5, 5.41) is 6.64. The number of piperidine rings is 1. The van der Waals surface area contributed by atoms with E-state index in [1.54, 1.807) is 7.11 Å². The Labute approximate surface area is 168 Å². The molecule has 0 bridgehead atoms. The van der Waals surface area contributed by atoms with E-state index >= 15 is 0 Å². The number of likely N-dealkylation sites (tertiary alicyclic amines) is 1. The van der Waals surface area contributed by atoms with Gasteiger partial charge in [0.05, 0.1) is 19.1 Å². The number of hydrogen-bond acceptors (Lipinski definition) is 4. The van der Waals surface area contributed by atoms with E-state index in [0.29, 0.717) is 12.6 Å². The van der Waals surface area contributed by atoms with E-state index in [1.165, 1.54) is 0 Å². The zero-order chi connectivity index (χ0) is 20.1. The van der Waals surface area contributed by atoms with Crippen molar-refractivity contribution < 1.29 is 14.3 Å². The molecule has 2 saturated heterocycles. The minimum absolute atomic E-state index is 0.00673. The molecule has 2 N–H and O–H groups in total. The number of benzene rings is 1. The van der Waals surface area contributed by atoms with Gasteiger partial charge < -0.3 is 20.3 Å². The molecule has 3 rings (SSSR count). The first-order valence-corrected chi connectivity index (χ1v) is 10.5. The van der Waals surface area contributed by atoms with E-state index < -0.39 is 0 Å². The minimum Gasteiger partial charge on any atom is -0.497 e. The standard InChI is InChI=1S/C22H33N3O3/c1-4-5-12-25-20(26)14-19(21(25)16-6-8-18(28-3)9-7-16)22(27)24-17-10-11-23-15(2)13-17/h6-9,15,17,19,21,23H,4-5,10-14H2,1-3H3,(H,24,27). The maximum Gasteiger partial charge on any atom is 0.226 e. The molecule has 4 unspecified atom stereocenters. The van der Waals surface area contributed by atoms with Crippen molar-refractivity contribution in [2.45, 2.75) is 64.1 Å². The van der Waals surface area contributed by atoms with Crippen LogP contribution in [0.5, 0.6) is 5.75 Å². The van der Waals surface area contributed by atoms with Crippen molar-refractivity contribution >= 4 is 11.8 Å². The van der Waals surface area contributed by atoms with Gasteiger partial charge in [-0.2, -0.15) is 0 Å². The quantitative estimate of drug-likeness (QED) is 0.755. The van der Waals surface area contributed by atoms with Crippen LogP contribution in [0.2, 0.25) is 0 Å². The number of amides is 2. The molecule has 2 heterocycles. The zero-order valence-electron chi connectivity index (χ0n) is 17.2. The Morgan fingerprint density at radius 1 is 1.32 bits per heavy atom. The molecule has 6 heteroatoms. The maximum absolute atomic E-state index is 13.2. The van der Waals surface area contributed by atoms with Crippen molar-refractivity contribution in [1.29, 1.82) is 0 Å². The van der Waals surface area contributed by atoms with E-state index in [0.717, 1.165) is 43.5 Å². The molecule has 0 aromatic heterocycles. The van der Waals surface area contributed by atoms with Gasteiger partial charge in [-0.25, -0.2) is 0 Å². The molecule has 1 aromatic carbocycles. The highest BCUT2D eigenvalue weighted by molar-refractivity contribution is 5.90. The molecule has 0 aliphatic carbocycles. The fraction of sp³-hybridized carbons (Fsp3) is 0.636. The molecule has 2 aliphatic rings. The van der Waals surface area contributed by atoms with E-state index in [2.05, 4.69) is 24.5 Å². The maximum atomic E-state index is 13.2. The number of nitrogens with one attached hydrogen (secondary N) is 2. The van der Waals surface area contributed by atoms with E-state index in [9.17, 15) is 9.59 Å². The molecule has 2 amide bonds. The van der Waals surface area contributed by atoms with Gasteiger partial charge in [0.15, 0.2) is 0 Å². The Kier molecular flexibility index (Phi) is 6.94. The van der Waals surface area contributed by atoms with Crippen LogP contribution in [0.15, 0.2) is 24.3 Å². The normalized spacial score (nSPS) is 27.7. The van der Waals surface area contributed by atoms with Crippen LogP contribution in [0.25, 0.3) is 0 Å². The summed E-state index contributed by atoms with van der Waals surface area (Å²) < 4.78 is 5.26. The number of hydrogen-bond donors (Lipinski definition) is 2. The molecular weight excluding hydrogens is 354 g/mol. The monoisotopic (exact) mass is 387 g/mol. The second-order valence-electron chi connectivity index (χ2n) is 8.05. The van der Waals surface area contributed by atoms with Gasteiger partial charge in [-0.15, -0.1) is 0 Å². The number of nitrogens with zero attached hydrogens (tertiary/aromatic N) is 1. The lowest BCUT2D eigenvalue weighted by Gasteiger charge is -2.32. The summed E-state index contributed by atoms with van der Waals surface area (Å²) in [7, 11) is 1.64. The van der Waals surface area contributed by atoms with E-state index in [-0.39, 0.29) is 36.2 Å². The van der Waals surface area contributed by atoms with Crippen LogP contribution >= 0.6 is 0 Å².